The fraction of sp³-hybridized carbons (Fsp3) is 0.679. The molecular formula is C28H42N4O6. The summed E-state index contributed by atoms with van der Waals surface area (Å²) in [6.45, 7) is 6.41. The Hall–Kier alpha value is -2.69. The molecule has 210 valence electrons. The average molecular weight is 531 g/mol. The van der Waals surface area contributed by atoms with Crippen molar-refractivity contribution in [2.24, 2.45) is 5.41 Å². The standard InChI is InChI=1S/C28H42N4O6/c1-29-27(35)32(13-4-18-33)23-21-22(6-7-24(23)36-2)26(34)31-16-10-28(11-17-31)8-14-30(15-9-28)12-3-5-25-37-19-20-38-25/h6-7,18,21,25H,3-5,8-17,19-20H2,1-2H3,(H,29,35). The van der Waals surface area contributed by atoms with E-state index in [-0.39, 0.29) is 31.2 Å². The Morgan fingerprint density at radius 2 is 1.82 bits per heavy atom. The lowest BCUT2D eigenvalue weighted by Crippen LogP contribution is -2.48. The molecule has 0 aliphatic carbocycles. The molecule has 0 unspecified atom stereocenters. The normalized spacial score (nSPS) is 19.9. The van der Waals surface area contributed by atoms with E-state index in [2.05, 4.69) is 10.2 Å². The summed E-state index contributed by atoms with van der Waals surface area (Å²) in [7, 11) is 3.06. The van der Waals surface area contributed by atoms with Crippen LogP contribution in [0.1, 0.15) is 55.3 Å². The first-order valence-corrected chi connectivity index (χ1v) is 13.8. The van der Waals surface area contributed by atoms with Crippen LogP contribution in [0, 0.1) is 5.41 Å². The smallest absolute Gasteiger partial charge is 0.321 e. The Morgan fingerprint density at radius 3 is 2.45 bits per heavy atom. The summed E-state index contributed by atoms with van der Waals surface area (Å²) in [5.74, 6) is 0.438. The van der Waals surface area contributed by atoms with Gasteiger partial charge in [-0.3, -0.25) is 9.69 Å². The van der Waals surface area contributed by atoms with Crippen molar-refractivity contribution in [3.05, 3.63) is 23.8 Å². The van der Waals surface area contributed by atoms with Gasteiger partial charge in [0, 0.05) is 38.7 Å². The number of benzene rings is 1. The van der Waals surface area contributed by atoms with Crippen molar-refractivity contribution in [1.29, 1.82) is 0 Å². The van der Waals surface area contributed by atoms with E-state index in [0.29, 0.717) is 35.6 Å². The highest BCUT2D eigenvalue weighted by Gasteiger charge is 2.38. The van der Waals surface area contributed by atoms with Crippen LogP contribution in [-0.4, -0.2) is 101 Å². The summed E-state index contributed by atoms with van der Waals surface area (Å²) in [4.78, 5) is 42.9. The number of carbonyl (C=O) groups excluding carboxylic acids is 3. The van der Waals surface area contributed by atoms with E-state index in [1.54, 1.807) is 18.2 Å². The van der Waals surface area contributed by atoms with Crippen LogP contribution in [0.4, 0.5) is 10.5 Å². The van der Waals surface area contributed by atoms with Crippen molar-refractivity contribution in [3.8, 4) is 5.75 Å². The summed E-state index contributed by atoms with van der Waals surface area (Å²) in [6, 6.07) is 4.80. The molecule has 4 rings (SSSR count). The van der Waals surface area contributed by atoms with Crippen LogP contribution in [0.2, 0.25) is 0 Å². The number of ether oxygens (including phenoxy) is 3. The molecule has 1 spiro atoms. The van der Waals surface area contributed by atoms with Gasteiger partial charge < -0.3 is 34.1 Å². The van der Waals surface area contributed by atoms with E-state index in [1.807, 2.05) is 4.90 Å². The lowest BCUT2D eigenvalue weighted by molar-refractivity contribution is -0.107. The second-order valence-electron chi connectivity index (χ2n) is 10.5. The van der Waals surface area contributed by atoms with Gasteiger partial charge in [0.25, 0.3) is 5.91 Å². The Balaban J connectivity index is 1.31. The summed E-state index contributed by atoms with van der Waals surface area (Å²) in [5, 5.41) is 2.60. The fourth-order valence-electron chi connectivity index (χ4n) is 5.86. The number of methoxy groups -OCH3 is 1. The second-order valence-corrected chi connectivity index (χ2v) is 10.5. The highest BCUT2D eigenvalue weighted by molar-refractivity contribution is 5.99. The lowest BCUT2D eigenvalue weighted by atomic mass is 9.71. The van der Waals surface area contributed by atoms with Crippen LogP contribution in [0.3, 0.4) is 0 Å². The zero-order valence-corrected chi connectivity index (χ0v) is 22.8. The van der Waals surface area contributed by atoms with Crippen LogP contribution < -0.4 is 15.0 Å². The van der Waals surface area contributed by atoms with Gasteiger partial charge >= 0.3 is 6.03 Å². The van der Waals surface area contributed by atoms with Gasteiger partial charge in [-0.1, -0.05) is 0 Å². The molecule has 1 N–H and O–H groups in total. The van der Waals surface area contributed by atoms with Crippen molar-refractivity contribution < 1.29 is 28.6 Å². The molecule has 0 aromatic heterocycles. The maximum atomic E-state index is 13.5. The predicted octanol–water partition coefficient (Wildman–Crippen LogP) is 2.90. The molecule has 0 bridgehead atoms. The molecule has 0 radical (unpaired) electrons. The summed E-state index contributed by atoms with van der Waals surface area (Å²) >= 11 is 0. The molecule has 3 aliphatic heterocycles. The predicted molar refractivity (Wildman–Crippen MR) is 144 cm³/mol. The van der Waals surface area contributed by atoms with Crippen molar-refractivity contribution in [1.82, 2.24) is 15.1 Å². The SMILES string of the molecule is CNC(=O)N(CCC=O)c1cc(C(=O)N2CCC3(CCN(CCCC4OCCO4)CC3)CC2)ccc1OC. The van der Waals surface area contributed by atoms with E-state index < -0.39 is 0 Å². The van der Waals surface area contributed by atoms with Crippen molar-refractivity contribution in [3.63, 3.8) is 0 Å². The molecule has 3 fully saturated rings. The van der Waals surface area contributed by atoms with Gasteiger partial charge in [-0.25, -0.2) is 4.79 Å². The number of rotatable bonds is 10. The lowest BCUT2D eigenvalue weighted by Gasteiger charge is -2.47. The van der Waals surface area contributed by atoms with E-state index in [1.165, 1.54) is 31.9 Å². The number of piperidine rings is 2. The Labute approximate surface area is 225 Å². The molecule has 1 aromatic rings. The maximum absolute atomic E-state index is 13.5. The first-order valence-electron chi connectivity index (χ1n) is 13.8. The largest absolute Gasteiger partial charge is 0.495 e. The number of carbonyl (C=O) groups is 3. The molecular weight excluding hydrogens is 488 g/mol. The molecule has 0 saturated carbocycles. The van der Waals surface area contributed by atoms with Crippen LogP contribution in [-0.2, 0) is 14.3 Å². The minimum Gasteiger partial charge on any atom is -0.495 e. The van der Waals surface area contributed by atoms with Crippen molar-refractivity contribution in [2.75, 3.05) is 71.5 Å². The van der Waals surface area contributed by atoms with Gasteiger partial charge in [-0.2, -0.15) is 0 Å². The number of aldehydes is 1. The van der Waals surface area contributed by atoms with Gasteiger partial charge in [0.15, 0.2) is 6.29 Å². The number of hydrogen-bond donors (Lipinski definition) is 1. The van der Waals surface area contributed by atoms with Crippen molar-refractivity contribution >= 4 is 23.9 Å². The molecule has 3 aliphatic rings. The molecule has 0 atom stereocenters. The number of nitrogens with one attached hydrogen (secondary N) is 1. The topological polar surface area (TPSA) is 101 Å². The summed E-state index contributed by atoms with van der Waals surface area (Å²) in [5.41, 5.74) is 1.31. The number of amides is 3. The zero-order chi connectivity index (χ0) is 27.0. The van der Waals surface area contributed by atoms with Gasteiger partial charge in [-0.15, -0.1) is 0 Å². The third-order valence-electron chi connectivity index (χ3n) is 8.28. The summed E-state index contributed by atoms with van der Waals surface area (Å²) in [6.07, 6.45) is 7.38. The van der Waals surface area contributed by atoms with Crippen LogP contribution >= 0.6 is 0 Å². The Morgan fingerprint density at radius 1 is 1.13 bits per heavy atom. The monoisotopic (exact) mass is 530 g/mol. The molecule has 3 heterocycles. The molecule has 10 nitrogen and oxygen atoms in total. The highest BCUT2D eigenvalue weighted by atomic mass is 16.7. The van der Waals surface area contributed by atoms with Gasteiger partial charge in [0.2, 0.25) is 0 Å². The van der Waals surface area contributed by atoms with E-state index in [9.17, 15) is 14.4 Å². The molecule has 10 heteroatoms. The van der Waals surface area contributed by atoms with E-state index in [0.717, 1.165) is 64.7 Å². The average Bonchev–Trinajstić information content (AvgIpc) is 3.48. The zero-order valence-electron chi connectivity index (χ0n) is 22.8. The van der Waals surface area contributed by atoms with Crippen molar-refractivity contribution in [2.45, 2.75) is 51.2 Å². The number of nitrogens with zero attached hydrogens (tertiary/aromatic N) is 3. The minimum atomic E-state index is -0.360. The molecule has 38 heavy (non-hydrogen) atoms. The number of hydrogen-bond acceptors (Lipinski definition) is 7. The Bertz CT molecular complexity index is 949. The number of urea groups is 1. The van der Waals surface area contributed by atoms with Gasteiger partial charge in [0.05, 0.1) is 26.0 Å². The third-order valence-corrected chi connectivity index (χ3v) is 8.28. The maximum Gasteiger partial charge on any atom is 0.321 e. The number of anilines is 1. The summed E-state index contributed by atoms with van der Waals surface area (Å²) < 4.78 is 16.5. The Kier molecular flexibility index (Phi) is 9.98. The fourth-order valence-corrected chi connectivity index (χ4v) is 5.86. The first kappa shape index (κ1) is 28.3. The van der Waals surface area contributed by atoms with E-state index >= 15 is 0 Å². The first-order chi connectivity index (χ1) is 18.5. The second kappa shape index (κ2) is 13.4. The van der Waals surface area contributed by atoms with Crippen LogP contribution in [0.15, 0.2) is 18.2 Å². The van der Waals surface area contributed by atoms with Gasteiger partial charge in [0.1, 0.15) is 12.0 Å². The van der Waals surface area contributed by atoms with E-state index in [4.69, 9.17) is 14.2 Å². The quantitative estimate of drug-likeness (QED) is 0.464. The highest BCUT2D eigenvalue weighted by Crippen LogP contribution is 2.42. The molecule has 3 saturated heterocycles. The minimum absolute atomic E-state index is 0.0157. The van der Waals surface area contributed by atoms with Gasteiger partial charge in [-0.05, 0) is 81.8 Å². The van der Waals surface area contributed by atoms with Crippen LogP contribution in [0.25, 0.3) is 0 Å². The number of likely N-dealkylation sites (tertiary alicyclic amines) is 2. The third kappa shape index (κ3) is 6.84. The molecule has 3 amide bonds. The molecule has 1 aromatic carbocycles. The van der Waals surface area contributed by atoms with Crippen LogP contribution in [0.5, 0.6) is 5.75 Å².